The number of ether oxygens (including phenoxy) is 4. The molecule has 12 nitrogen and oxygen atoms in total. The van der Waals surface area contributed by atoms with Gasteiger partial charge in [-0.1, -0.05) is 38.5 Å². The van der Waals surface area contributed by atoms with Crippen LogP contribution in [0.5, 0.6) is 0 Å². The van der Waals surface area contributed by atoms with Gasteiger partial charge >= 0.3 is 11.9 Å². The fourth-order valence-electron chi connectivity index (χ4n) is 10.6. The number of ketones is 2. The van der Waals surface area contributed by atoms with Gasteiger partial charge in [0.2, 0.25) is 5.78 Å². The van der Waals surface area contributed by atoms with Crippen LogP contribution in [0.2, 0.25) is 0 Å². The Bertz CT molecular complexity index is 1550. The number of carbonyl (C=O) groups excluding carboxylic acids is 4. The van der Waals surface area contributed by atoms with Crippen molar-refractivity contribution in [2.24, 2.45) is 39.4 Å². The molecule has 1 aliphatic heterocycles. The summed E-state index contributed by atoms with van der Waals surface area (Å²) in [6, 6.07) is 0. The summed E-state index contributed by atoms with van der Waals surface area (Å²) in [5.41, 5.74) is -4.95. The van der Waals surface area contributed by atoms with Crippen LogP contribution < -0.4 is 0 Å². The normalized spacial score (nSPS) is 41.7. The van der Waals surface area contributed by atoms with Crippen molar-refractivity contribution in [1.82, 2.24) is 0 Å². The number of aliphatic hydroxyl groups excluding tert-OH is 2. The number of carbonyl (C=O) groups is 4. The Labute approximate surface area is 300 Å². The molecule has 0 radical (unpaired) electrons. The van der Waals surface area contributed by atoms with E-state index in [4.69, 9.17) is 18.9 Å². The molecule has 12 heteroatoms. The third-order valence-electron chi connectivity index (χ3n) is 13.3. The molecule has 3 fully saturated rings. The zero-order valence-corrected chi connectivity index (χ0v) is 31.5. The third-order valence-corrected chi connectivity index (χ3v) is 13.3. The van der Waals surface area contributed by atoms with Gasteiger partial charge in [0.25, 0.3) is 0 Å². The topological polar surface area (TPSA) is 186 Å². The molecule has 0 aromatic rings. The number of aliphatic hydroxyl groups is 4. The van der Waals surface area contributed by atoms with Crippen LogP contribution in [0.25, 0.3) is 0 Å². The summed E-state index contributed by atoms with van der Waals surface area (Å²) in [6.07, 6.45) is 2.33. The molecule has 12 atom stereocenters. The van der Waals surface area contributed by atoms with E-state index in [9.17, 15) is 39.6 Å². The van der Waals surface area contributed by atoms with Gasteiger partial charge in [0.05, 0.1) is 23.7 Å². The fraction of sp³-hybridized carbons (Fsp3) is 0.744. The van der Waals surface area contributed by atoms with E-state index in [1.807, 2.05) is 13.8 Å². The Morgan fingerprint density at radius 3 is 2.18 bits per heavy atom. The summed E-state index contributed by atoms with van der Waals surface area (Å²) < 4.78 is 23.4. The molecule has 284 valence electrons. The number of esters is 2. The van der Waals surface area contributed by atoms with Crippen molar-refractivity contribution in [2.45, 2.75) is 137 Å². The minimum Gasteiger partial charge on any atom is -0.505 e. The lowest BCUT2D eigenvalue weighted by atomic mass is 9.39. The predicted molar refractivity (Wildman–Crippen MR) is 184 cm³/mol. The van der Waals surface area contributed by atoms with Gasteiger partial charge in [0.1, 0.15) is 11.7 Å². The monoisotopic (exact) mass is 716 g/mol. The van der Waals surface area contributed by atoms with Crippen LogP contribution in [0.1, 0.15) is 94.9 Å². The van der Waals surface area contributed by atoms with Crippen LogP contribution in [0.4, 0.5) is 0 Å². The zero-order chi connectivity index (χ0) is 38.3. The lowest BCUT2D eigenvalue weighted by Gasteiger charge is -2.64. The first-order valence-electron chi connectivity index (χ1n) is 18.0. The van der Waals surface area contributed by atoms with Crippen molar-refractivity contribution in [2.75, 3.05) is 6.61 Å². The second-order valence-electron chi connectivity index (χ2n) is 17.5. The second kappa shape index (κ2) is 12.9. The minimum absolute atomic E-state index is 0.0463. The van der Waals surface area contributed by atoms with Gasteiger partial charge in [0, 0.05) is 25.7 Å². The maximum atomic E-state index is 14.0. The average molecular weight is 717 g/mol. The van der Waals surface area contributed by atoms with E-state index in [2.05, 4.69) is 26.8 Å². The third kappa shape index (κ3) is 6.43. The molecule has 0 amide bonds. The van der Waals surface area contributed by atoms with Crippen molar-refractivity contribution in [3.05, 3.63) is 35.6 Å². The number of fused-ring (bicyclic) bond motifs is 5. The maximum Gasteiger partial charge on any atom is 0.303 e. The second-order valence-corrected chi connectivity index (χ2v) is 17.5. The van der Waals surface area contributed by atoms with Gasteiger partial charge < -0.3 is 39.4 Å². The zero-order valence-electron chi connectivity index (χ0n) is 31.5. The van der Waals surface area contributed by atoms with E-state index in [1.165, 1.54) is 46.8 Å². The van der Waals surface area contributed by atoms with Gasteiger partial charge in [-0.05, 0) is 94.6 Å². The first kappa shape index (κ1) is 39.3. The van der Waals surface area contributed by atoms with Gasteiger partial charge in [-0.2, -0.15) is 0 Å². The highest BCUT2D eigenvalue weighted by atomic mass is 16.7. The number of allylic oxidation sites excluding steroid dienone is 4. The molecular formula is C39H56O12. The average Bonchev–Trinajstić information content (AvgIpc) is 3.24. The van der Waals surface area contributed by atoms with E-state index in [0.29, 0.717) is 25.7 Å². The molecule has 0 bridgehead atoms. The number of rotatable bonds is 8. The van der Waals surface area contributed by atoms with E-state index >= 15 is 0 Å². The van der Waals surface area contributed by atoms with Crippen molar-refractivity contribution in [1.29, 1.82) is 0 Å². The molecule has 1 saturated heterocycles. The Hall–Kier alpha value is -2.90. The van der Waals surface area contributed by atoms with Gasteiger partial charge in [-0.25, -0.2) is 0 Å². The predicted octanol–water partition coefficient (Wildman–Crippen LogP) is 4.05. The van der Waals surface area contributed by atoms with Crippen LogP contribution in [0.15, 0.2) is 35.6 Å². The van der Waals surface area contributed by atoms with Crippen molar-refractivity contribution >= 4 is 23.5 Å². The lowest BCUT2D eigenvalue weighted by Crippen LogP contribution is -2.61. The largest absolute Gasteiger partial charge is 0.505 e. The smallest absolute Gasteiger partial charge is 0.303 e. The highest BCUT2D eigenvalue weighted by Crippen LogP contribution is 2.75. The molecule has 0 unspecified atom stereocenters. The SMILES string of the molecule is CC(=O)O[C@@H]1[C@@H](O[C@@H]2C[C@@]3(C)[C@@H]4CC=C5[C@H](C=C(O)C(=O)C5(C)C)[C@]4(C)CC[C@]3(C)[C@H]2[C@@](C)(O)C(=O)/C=C/C(C)(C)O)OC[C@H](OC(C)=O)[C@H]1O. The van der Waals surface area contributed by atoms with E-state index < -0.39 is 87.2 Å². The standard InChI is InChI=1S/C39H56O12/c1-20(40)49-26-19-48-33(30(29(26)44)50-21(2)41)51-25-18-38(9)27-12-11-22-23(17-24(42)32(45)35(22,5)6)36(27,7)15-16-37(38,8)31(25)39(10,47)28(43)13-14-34(3,4)46/h11,13-14,17,23,25-27,29-31,33,42,44,46-47H,12,15-16,18-19H2,1-10H3/b14-13+/t23-,25+,26-,27+,29+,30-,31-,33+,36-,37+,38-,39-/m0/s1. The summed E-state index contributed by atoms with van der Waals surface area (Å²) in [6.45, 7) is 16.7. The van der Waals surface area contributed by atoms with Gasteiger partial charge in [-0.15, -0.1) is 0 Å². The molecule has 0 aromatic heterocycles. The van der Waals surface area contributed by atoms with Crippen molar-refractivity contribution in [3.8, 4) is 0 Å². The Kier molecular flexibility index (Phi) is 9.94. The summed E-state index contributed by atoms with van der Waals surface area (Å²) in [5, 5.41) is 44.8. The Morgan fingerprint density at radius 1 is 0.961 bits per heavy atom. The van der Waals surface area contributed by atoms with Crippen LogP contribution in [-0.2, 0) is 38.1 Å². The molecule has 4 N–H and O–H groups in total. The van der Waals surface area contributed by atoms with Gasteiger partial charge in [-0.3, -0.25) is 19.2 Å². The van der Waals surface area contributed by atoms with Gasteiger partial charge in [0.15, 0.2) is 30.0 Å². The number of Topliss-reactive ketones (excluding diaryl/α,β-unsaturated/α-hetero) is 1. The maximum absolute atomic E-state index is 14.0. The number of hydrogen-bond acceptors (Lipinski definition) is 12. The Morgan fingerprint density at radius 2 is 1.59 bits per heavy atom. The molecule has 5 aliphatic rings. The fourth-order valence-corrected chi connectivity index (χ4v) is 10.6. The lowest BCUT2D eigenvalue weighted by molar-refractivity contribution is -0.296. The van der Waals surface area contributed by atoms with Crippen LogP contribution in [0, 0.1) is 39.4 Å². The van der Waals surface area contributed by atoms with Crippen LogP contribution in [-0.4, -0.2) is 92.4 Å². The summed E-state index contributed by atoms with van der Waals surface area (Å²) in [4.78, 5) is 51.0. The number of hydrogen-bond donors (Lipinski definition) is 4. The summed E-state index contributed by atoms with van der Waals surface area (Å²) >= 11 is 0. The van der Waals surface area contributed by atoms with E-state index in [1.54, 1.807) is 6.08 Å². The molecular weight excluding hydrogens is 660 g/mol. The molecule has 4 aliphatic carbocycles. The van der Waals surface area contributed by atoms with Crippen molar-refractivity contribution < 1.29 is 58.6 Å². The van der Waals surface area contributed by atoms with Crippen LogP contribution in [0.3, 0.4) is 0 Å². The minimum atomic E-state index is -2.01. The molecule has 5 rings (SSSR count). The molecule has 0 aromatic carbocycles. The molecule has 2 saturated carbocycles. The molecule has 0 spiro atoms. The quantitative estimate of drug-likeness (QED) is 0.161. The van der Waals surface area contributed by atoms with E-state index in [0.717, 1.165) is 5.57 Å². The van der Waals surface area contributed by atoms with E-state index in [-0.39, 0.29) is 30.0 Å². The van der Waals surface area contributed by atoms with Crippen molar-refractivity contribution in [3.63, 3.8) is 0 Å². The first-order valence-corrected chi connectivity index (χ1v) is 18.0. The summed E-state index contributed by atoms with van der Waals surface area (Å²) in [5.74, 6) is -3.66. The first-order chi connectivity index (χ1) is 23.3. The highest BCUT2D eigenvalue weighted by molar-refractivity contribution is 6.01. The molecule has 51 heavy (non-hydrogen) atoms. The highest BCUT2D eigenvalue weighted by Gasteiger charge is 2.73. The summed E-state index contributed by atoms with van der Waals surface area (Å²) in [7, 11) is 0. The Balaban J connectivity index is 1.60. The molecule has 1 heterocycles. The van der Waals surface area contributed by atoms with Crippen LogP contribution >= 0.6 is 0 Å².